The summed E-state index contributed by atoms with van der Waals surface area (Å²) in [6.45, 7) is 5.27. The third kappa shape index (κ3) is 2.63. The van der Waals surface area contributed by atoms with Gasteiger partial charge in [-0.05, 0) is 44.1 Å². The maximum atomic E-state index is 13.7. The van der Waals surface area contributed by atoms with Gasteiger partial charge in [-0.15, -0.1) is 0 Å². The number of halogens is 3. The number of hydrogen-bond donors (Lipinski definition) is 0. The third-order valence-corrected chi connectivity index (χ3v) is 4.53. The zero-order valence-electron chi connectivity index (χ0n) is 12.2. The predicted molar refractivity (Wildman–Crippen MR) is 76.2 cm³/mol. The Morgan fingerprint density at radius 3 is 2.20 bits per heavy atom. The molecule has 2 aliphatic rings. The van der Waals surface area contributed by atoms with Gasteiger partial charge in [0, 0.05) is 0 Å². The molecular weight excluding hydrogens is 261 g/mol. The molecule has 0 aromatic heterocycles. The van der Waals surface area contributed by atoms with Crippen LogP contribution in [0.4, 0.5) is 13.2 Å². The van der Waals surface area contributed by atoms with E-state index in [1.54, 1.807) is 24.3 Å². The third-order valence-electron chi connectivity index (χ3n) is 4.53. The van der Waals surface area contributed by atoms with Crippen molar-refractivity contribution < 1.29 is 13.2 Å². The molecule has 0 radical (unpaired) electrons. The molecule has 0 N–H and O–H groups in total. The number of alkyl halides is 3. The van der Waals surface area contributed by atoms with Crippen LogP contribution < -0.4 is 0 Å². The van der Waals surface area contributed by atoms with Crippen molar-refractivity contribution in [2.24, 2.45) is 17.3 Å². The molecule has 3 heteroatoms. The molecule has 0 amide bonds. The van der Waals surface area contributed by atoms with Crippen molar-refractivity contribution in [3.63, 3.8) is 0 Å². The summed E-state index contributed by atoms with van der Waals surface area (Å²) in [4.78, 5) is 0. The fraction of sp³-hybridized carbons (Fsp3) is 0.529. The van der Waals surface area contributed by atoms with Crippen molar-refractivity contribution >= 4 is 0 Å². The van der Waals surface area contributed by atoms with E-state index in [1.807, 2.05) is 26.0 Å². The molecule has 110 valence electrons. The van der Waals surface area contributed by atoms with E-state index in [4.69, 9.17) is 0 Å². The summed E-state index contributed by atoms with van der Waals surface area (Å²) in [5.74, 6) is -0.212. The first kappa shape index (κ1) is 15.1. The van der Waals surface area contributed by atoms with E-state index in [9.17, 15) is 13.2 Å². The van der Waals surface area contributed by atoms with Crippen molar-refractivity contribution in [1.82, 2.24) is 0 Å². The summed E-state index contributed by atoms with van der Waals surface area (Å²) in [6.07, 6.45) is 7.60. The van der Waals surface area contributed by atoms with Crippen LogP contribution in [0.3, 0.4) is 0 Å². The van der Waals surface area contributed by atoms with Gasteiger partial charge >= 0.3 is 6.18 Å². The molecule has 0 saturated carbocycles. The van der Waals surface area contributed by atoms with Crippen LogP contribution in [-0.4, -0.2) is 6.18 Å². The summed E-state index contributed by atoms with van der Waals surface area (Å²) in [7, 11) is 0. The van der Waals surface area contributed by atoms with Gasteiger partial charge < -0.3 is 0 Å². The molecule has 0 heterocycles. The average Bonchev–Trinajstić information content (AvgIpc) is 2.38. The second-order valence-corrected chi connectivity index (χ2v) is 6.08. The first-order valence-corrected chi connectivity index (χ1v) is 7.05. The largest absolute Gasteiger partial charge is 0.398 e. The Labute approximate surface area is 118 Å². The van der Waals surface area contributed by atoms with Gasteiger partial charge in [-0.3, -0.25) is 0 Å². The van der Waals surface area contributed by atoms with Crippen molar-refractivity contribution in [3.05, 3.63) is 47.6 Å². The van der Waals surface area contributed by atoms with Crippen LogP contribution in [0.5, 0.6) is 0 Å². The van der Waals surface area contributed by atoms with Crippen LogP contribution in [0.2, 0.25) is 0 Å². The van der Waals surface area contributed by atoms with Crippen molar-refractivity contribution in [1.29, 1.82) is 0 Å². The highest BCUT2D eigenvalue weighted by Crippen LogP contribution is 2.53. The Bertz CT molecular complexity index is 491. The van der Waals surface area contributed by atoms with Crippen molar-refractivity contribution in [2.45, 2.75) is 39.8 Å². The van der Waals surface area contributed by atoms with Gasteiger partial charge in [0.15, 0.2) is 0 Å². The average molecular weight is 282 g/mol. The Morgan fingerprint density at radius 2 is 1.75 bits per heavy atom. The lowest BCUT2D eigenvalue weighted by Crippen LogP contribution is -2.43. The fourth-order valence-corrected chi connectivity index (χ4v) is 2.86. The zero-order chi connectivity index (χ0) is 15.0. The lowest BCUT2D eigenvalue weighted by molar-refractivity contribution is -0.215. The Balaban J connectivity index is 2.38. The van der Waals surface area contributed by atoms with Gasteiger partial charge in [-0.25, -0.2) is 0 Å². The first-order valence-electron chi connectivity index (χ1n) is 7.05. The quantitative estimate of drug-likeness (QED) is 0.618. The Hall–Kier alpha value is -1.25. The molecule has 0 aromatic carbocycles. The van der Waals surface area contributed by atoms with Gasteiger partial charge in [-0.1, -0.05) is 49.0 Å². The van der Waals surface area contributed by atoms with Crippen LogP contribution in [0, 0.1) is 17.3 Å². The molecule has 2 rings (SSSR count). The highest BCUT2D eigenvalue weighted by atomic mass is 19.4. The van der Waals surface area contributed by atoms with Gasteiger partial charge in [0.05, 0.1) is 5.41 Å². The monoisotopic (exact) mass is 282 g/mol. The SMILES string of the molecule is CC1=CCC(C(C)(C2=CCC(C)C=C2)C(F)(F)F)C=C1. The predicted octanol–water partition coefficient (Wildman–Crippen LogP) is 5.60. The minimum Gasteiger partial charge on any atom is -0.170 e. The lowest BCUT2D eigenvalue weighted by atomic mass is 9.66. The summed E-state index contributed by atoms with van der Waals surface area (Å²) < 4.78 is 41.2. The van der Waals surface area contributed by atoms with Gasteiger partial charge in [0.1, 0.15) is 0 Å². The molecule has 0 bridgehead atoms. The minimum atomic E-state index is -4.25. The topological polar surface area (TPSA) is 0 Å². The molecule has 2 aliphatic carbocycles. The highest BCUT2D eigenvalue weighted by molar-refractivity contribution is 5.36. The first-order chi connectivity index (χ1) is 9.25. The van der Waals surface area contributed by atoms with E-state index in [2.05, 4.69) is 0 Å². The molecule has 0 saturated heterocycles. The fourth-order valence-electron chi connectivity index (χ4n) is 2.86. The van der Waals surface area contributed by atoms with Crippen LogP contribution in [0.25, 0.3) is 0 Å². The number of allylic oxidation sites excluding steroid dienone is 8. The molecule has 0 spiro atoms. The molecular formula is C17H21F3. The maximum absolute atomic E-state index is 13.7. The van der Waals surface area contributed by atoms with Crippen LogP contribution >= 0.6 is 0 Å². The van der Waals surface area contributed by atoms with E-state index in [1.165, 1.54) is 6.92 Å². The Morgan fingerprint density at radius 1 is 1.05 bits per heavy atom. The Kier molecular flexibility index (Phi) is 3.99. The van der Waals surface area contributed by atoms with Crippen LogP contribution in [-0.2, 0) is 0 Å². The van der Waals surface area contributed by atoms with E-state index < -0.39 is 17.5 Å². The molecule has 3 unspecified atom stereocenters. The van der Waals surface area contributed by atoms with E-state index in [-0.39, 0.29) is 0 Å². The molecule has 0 nitrogen and oxygen atoms in total. The molecule has 20 heavy (non-hydrogen) atoms. The second-order valence-electron chi connectivity index (χ2n) is 6.08. The maximum Gasteiger partial charge on any atom is 0.398 e. The van der Waals surface area contributed by atoms with Gasteiger partial charge in [0.2, 0.25) is 0 Å². The van der Waals surface area contributed by atoms with Crippen LogP contribution in [0.15, 0.2) is 47.6 Å². The molecule has 0 aromatic rings. The summed E-state index contributed by atoms with van der Waals surface area (Å²) in [5, 5.41) is 0. The summed E-state index contributed by atoms with van der Waals surface area (Å²) in [5.41, 5.74) is -0.365. The normalized spacial score (nSPS) is 29.7. The van der Waals surface area contributed by atoms with E-state index >= 15 is 0 Å². The molecule has 0 fully saturated rings. The van der Waals surface area contributed by atoms with E-state index in [0.29, 0.717) is 24.3 Å². The smallest absolute Gasteiger partial charge is 0.170 e. The van der Waals surface area contributed by atoms with Crippen molar-refractivity contribution in [2.75, 3.05) is 0 Å². The lowest BCUT2D eigenvalue weighted by Gasteiger charge is -2.40. The van der Waals surface area contributed by atoms with Gasteiger partial charge in [0.25, 0.3) is 0 Å². The summed E-state index contributed by atoms with van der Waals surface area (Å²) in [6, 6.07) is 0. The zero-order valence-corrected chi connectivity index (χ0v) is 12.2. The van der Waals surface area contributed by atoms with E-state index in [0.717, 1.165) is 5.57 Å². The standard InChI is InChI=1S/C17H21F3/c1-12-4-8-14(9-5-12)16(3,17(18,19)20)15-10-6-13(2)7-11-15/h4-6,8,10-11,13-14H,7,9H2,1-3H3. The highest BCUT2D eigenvalue weighted by Gasteiger charge is 2.56. The number of rotatable bonds is 2. The van der Waals surface area contributed by atoms with Crippen molar-refractivity contribution in [3.8, 4) is 0 Å². The number of hydrogen-bond acceptors (Lipinski definition) is 0. The minimum absolute atomic E-state index is 0.320. The molecule has 0 aliphatic heterocycles. The summed E-state index contributed by atoms with van der Waals surface area (Å²) >= 11 is 0. The van der Waals surface area contributed by atoms with Gasteiger partial charge in [-0.2, -0.15) is 13.2 Å². The molecule has 3 atom stereocenters. The van der Waals surface area contributed by atoms with Crippen LogP contribution in [0.1, 0.15) is 33.6 Å². The second kappa shape index (κ2) is 5.27.